The van der Waals surface area contributed by atoms with E-state index in [1.807, 2.05) is 0 Å². The van der Waals surface area contributed by atoms with Gasteiger partial charge >= 0.3 is 5.97 Å². The minimum absolute atomic E-state index is 0.0357. The molecule has 0 aromatic heterocycles. The molecule has 2 rings (SSSR count). The van der Waals surface area contributed by atoms with Crippen molar-refractivity contribution in [3.63, 3.8) is 0 Å². The number of anilines is 1. The Hall–Kier alpha value is -2.48. The van der Waals surface area contributed by atoms with Gasteiger partial charge < -0.3 is 10.1 Å². The lowest BCUT2D eigenvalue weighted by Crippen LogP contribution is -2.30. The van der Waals surface area contributed by atoms with E-state index in [1.54, 1.807) is 12.1 Å². The molecular weight excluding hydrogens is 367 g/mol. The predicted molar refractivity (Wildman–Crippen MR) is 92.3 cm³/mol. The van der Waals surface area contributed by atoms with Gasteiger partial charge in [-0.25, -0.2) is 13.2 Å². The van der Waals surface area contributed by atoms with Crippen LogP contribution in [0.4, 0.5) is 18.9 Å². The van der Waals surface area contributed by atoms with Gasteiger partial charge in [-0.1, -0.05) is 0 Å². The van der Waals surface area contributed by atoms with E-state index < -0.39 is 29.6 Å². The highest BCUT2D eigenvalue weighted by Gasteiger charge is 2.19. The molecule has 4 nitrogen and oxygen atoms in total. The van der Waals surface area contributed by atoms with Crippen LogP contribution < -0.4 is 5.32 Å². The van der Waals surface area contributed by atoms with Gasteiger partial charge in [0.25, 0.3) is 5.91 Å². The van der Waals surface area contributed by atoms with E-state index in [1.165, 1.54) is 30.8 Å². The van der Waals surface area contributed by atoms with E-state index >= 15 is 0 Å². The third-order valence-electron chi connectivity index (χ3n) is 3.25. The molecular formula is C18H16F3NO3S. The molecule has 0 fully saturated rings. The molecule has 1 N–H and O–H groups in total. The molecule has 0 aliphatic rings. The average molecular weight is 383 g/mol. The quantitative estimate of drug-likeness (QED) is 0.576. The molecule has 0 unspecified atom stereocenters. The molecule has 0 saturated heterocycles. The summed E-state index contributed by atoms with van der Waals surface area (Å²) in [4.78, 5) is 24.5. The third kappa shape index (κ3) is 6.11. The first kappa shape index (κ1) is 19.8. The Labute approximate surface area is 152 Å². The zero-order valence-corrected chi connectivity index (χ0v) is 14.6. The standard InChI is InChI=1S/C18H16F3NO3S/c1-11(18(24)22-16-10-13(20)4-7-15(16)21)25-17(23)8-9-26-14-5-2-12(19)3-6-14/h2-7,10-11H,8-9H2,1H3,(H,22,24)/t11-/m0/s1. The summed E-state index contributed by atoms with van der Waals surface area (Å²) in [6.45, 7) is 1.33. The van der Waals surface area contributed by atoms with E-state index in [9.17, 15) is 22.8 Å². The number of benzene rings is 2. The van der Waals surface area contributed by atoms with E-state index in [0.29, 0.717) is 5.75 Å². The Kier molecular flexibility index (Phi) is 7.08. The van der Waals surface area contributed by atoms with Gasteiger partial charge in [0.1, 0.15) is 17.5 Å². The number of ether oxygens (including phenoxy) is 1. The number of nitrogens with one attached hydrogen (secondary N) is 1. The highest BCUT2D eigenvalue weighted by Crippen LogP contribution is 2.19. The van der Waals surface area contributed by atoms with Crippen molar-refractivity contribution in [3.8, 4) is 0 Å². The van der Waals surface area contributed by atoms with Crippen LogP contribution in [0, 0.1) is 17.5 Å². The molecule has 0 aliphatic heterocycles. The van der Waals surface area contributed by atoms with Gasteiger partial charge in [0, 0.05) is 16.7 Å². The topological polar surface area (TPSA) is 55.4 Å². The van der Waals surface area contributed by atoms with Crippen LogP contribution in [0.2, 0.25) is 0 Å². The molecule has 0 radical (unpaired) electrons. The van der Waals surface area contributed by atoms with Crippen LogP contribution in [0.15, 0.2) is 47.4 Å². The number of carbonyl (C=O) groups is 2. The molecule has 0 spiro atoms. The number of hydrogen-bond donors (Lipinski definition) is 1. The van der Waals surface area contributed by atoms with Gasteiger partial charge in [-0.15, -0.1) is 11.8 Å². The zero-order chi connectivity index (χ0) is 19.1. The maximum atomic E-state index is 13.5. The van der Waals surface area contributed by atoms with Crippen molar-refractivity contribution in [3.05, 3.63) is 59.9 Å². The van der Waals surface area contributed by atoms with Crippen molar-refractivity contribution in [2.45, 2.75) is 24.3 Å². The maximum Gasteiger partial charge on any atom is 0.307 e. The van der Waals surface area contributed by atoms with Crippen LogP contribution in [0.5, 0.6) is 0 Å². The van der Waals surface area contributed by atoms with Gasteiger partial charge in [-0.05, 0) is 43.3 Å². The third-order valence-corrected chi connectivity index (χ3v) is 4.27. The minimum Gasteiger partial charge on any atom is -0.453 e. The van der Waals surface area contributed by atoms with Gasteiger partial charge in [-0.3, -0.25) is 9.59 Å². The molecule has 0 heterocycles. The smallest absolute Gasteiger partial charge is 0.307 e. The molecule has 0 bridgehead atoms. The van der Waals surface area contributed by atoms with Gasteiger partial charge in [-0.2, -0.15) is 0 Å². The van der Waals surface area contributed by atoms with Crippen molar-refractivity contribution in [1.29, 1.82) is 0 Å². The fraction of sp³-hybridized carbons (Fsp3) is 0.222. The number of thioether (sulfide) groups is 1. The number of carbonyl (C=O) groups excluding carboxylic acids is 2. The Balaban J connectivity index is 1.77. The lowest BCUT2D eigenvalue weighted by atomic mass is 10.2. The second-order valence-corrected chi connectivity index (χ2v) is 6.47. The minimum atomic E-state index is -1.17. The number of esters is 1. The summed E-state index contributed by atoms with van der Waals surface area (Å²) < 4.78 is 44.3. The average Bonchev–Trinajstić information content (AvgIpc) is 2.59. The second-order valence-electron chi connectivity index (χ2n) is 5.30. The summed E-state index contributed by atoms with van der Waals surface area (Å²) in [7, 11) is 0. The van der Waals surface area contributed by atoms with E-state index in [4.69, 9.17) is 4.74 Å². The zero-order valence-electron chi connectivity index (χ0n) is 13.8. The van der Waals surface area contributed by atoms with Crippen LogP contribution in [-0.4, -0.2) is 23.7 Å². The van der Waals surface area contributed by atoms with E-state index in [-0.39, 0.29) is 17.9 Å². The Bertz CT molecular complexity index is 784. The number of hydrogen-bond acceptors (Lipinski definition) is 4. The molecule has 1 amide bonds. The highest BCUT2D eigenvalue weighted by molar-refractivity contribution is 7.99. The summed E-state index contributed by atoms with van der Waals surface area (Å²) in [5, 5.41) is 2.17. The summed E-state index contributed by atoms with van der Waals surface area (Å²) in [5.41, 5.74) is -0.329. The maximum absolute atomic E-state index is 13.5. The monoisotopic (exact) mass is 383 g/mol. The number of rotatable bonds is 7. The first-order valence-corrected chi connectivity index (χ1v) is 8.67. The largest absolute Gasteiger partial charge is 0.453 e. The Morgan fingerprint density at radius 3 is 2.42 bits per heavy atom. The first-order chi connectivity index (χ1) is 12.3. The fourth-order valence-corrected chi connectivity index (χ4v) is 2.75. The fourth-order valence-electron chi connectivity index (χ4n) is 1.92. The second kappa shape index (κ2) is 9.28. The molecule has 26 heavy (non-hydrogen) atoms. The van der Waals surface area contributed by atoms with Gasteiger partial charge in [0.15, 0.2) is 6.10 Å². The van der Waals surface area contributed by atoms with Crippen molar-refractivity contribution >= 4 is 29.3 Å². The summed E-state index contributed by atoms with van der Waals surface area (Å²) in [6.07, 6.45) is -1.13. The number of amides is 1. The molecule has 138 valence electrons. The molecule has 0 saturated carbocycles. The number of halogens is 3. The summed E-state index contributed by atoms with van der Waals surface area (Å²) >= 11 is 1.34. The van der Waals surface area contributed by atoms with Crippen molar-refractivity contribution < 1.29 is 27.5 Å². The van der Waals surface area contributed by atoms with Gasteiger partial charge in [0.05, 0.1) is 12.1 Å². The van der Waals surface area contributed by atoms with Crippen molar-refractivity contribution in [2.75, 3.05) is 11.1 Å². The Morgan fingerprint density at radius 1 is 1.08 bits per heavy atom. The Morgan fingerprint density at radius 2 is 1.73 bits per heavy atom. The summed E-state index contributed by atoms with van der Waals surface area (Å²) in [6, 6.07) is 8.46. The first-order valence-electron chi connectivity index (χ1n) is 7.69. The molecule has 2 aromatic carbocycles. The van der Waals surface area contributed by atoms with E-state index in [2.05, 4.69) is 5.32 Å². The van der Waals surface area contributed by atoms with Gasteiger partial charge in [0.2, 0.25) is 0 Å². The molecule has 0 aliphatic carbocycles. The van der Waals surface area contributed by atoms with E-state index in [0.717, 1.165) is 23.1 Å². The normalized spacial score (nSPS) is 11.7. The molecule has 2 aromatic rings. The molecule has 1 atom stereocenters. The van der Waals surface area contributed by atoms with Crippen LogP contribution in [0.1, 0.15) is 13.3 Å². The van der Waals surface area contributed by atoms with Crippen LogP contribution in [0.3, 0.4) is 0 Å². The predicted octanol–water partition coefficient (Wildman–Crippen LogP) is 4.16. The van der Waals surface area contributed by atoms with Crippen molar-refractivity contribution in [2.24, 2.45) is 0 Å². The summed E-state index contributed by atoms with van der Waals surface area (Å²) in [5.74, 6) is -2.84. The van der Waals surface area contributed by atoms with Crippen molar-refractivity contribution in [1.82, 2.24) is 0 Å². The van der Waals surface area contributed by atoms with Crippen LogP contribution in [0.25, 0.3) is 0 Å². The SMILES string of the molecule is C[C@H](OC(=O)CCSc1ccc(F)cc1)C(=O)Nc1cc(F)ccc1F. The lowest BCUT2D eigenvalue weighted by Gasteiger charge is -2.14. The molecule has 8 heteroatoms. The highest BCUT2D eigenvalue weighted by atomic mass is 32.2. The lowest BCUT2D eigenvalue weighted by molar-refractivity contribution is -0.152. The van der Waals surface area contributed by atoms with Crippen LogP contribution >= 0.6 is 11.8 Å². The van der Waals surface area contributed by atoms with Crippen LogP contribution in [-0.2, 0) is 14.3 Å².